The van der Waals surface area contributed by atoms with Crippen LogP contribution in [-0.2, 0) is 28.6 Å². The van der Waals surface area contributed by atoms with E-state index in [-0.39, 0.29) is 41.4 Å². The van der Waals surface area contributed by atoms with Crippen LogP contribution < -0.4 is 10.2 Å². The molecule has 2 aliphatic heterocycles. The number of anilines is 2. The van der Waals surface area contributed by atoms with E-state index in [1.165, 1.54) is 22.4 Å². The molecule has 2 saturated heterocycles. The van der Waals surface area contributed by atoms with Crippen LogP contribution in [0.2, 0.25) is 0 Å². The average Bonchev–Trinajstić information content (AvgIpc) is 3.78. The fraction of sp³-hybridized carbons (Fsp3) is 0.550. The summed E-state index contributed by atoms with van der Waals surface area (Å²) in [6.07, 6.45) is 2.71. The van der Waals surface area contributed by atoms with E-state index >= 15 is 0 Å². The third kappa shape index (κ3) is 9.20. The predicted octanol–water partition coefficient (Wildman–Crippen LogP) is 7.20. The molecule has 306 valence electrons. The summed E-state index contributed by atoms with van der Waals surface area (Å²) in [6, 6.07) is 4.66. The fourth-order valence-electron chi connectivity index (χ4n) is 6.81. The Morgan fingerprint density at radius 3 is 2.21 bits per heavy atom. The molecule has 2 aliphatic rings. The van der Waals surface area contributed by atoms with E-state index in [0.717, 1.165) is 28.6 Å². The van der Waals surface area contributed by atoms with E-state index in [4.69, 9.17) is 19.3 Å². The summed E-state index contributed by atoms with van der Waals surface area (Å²) >= 11 is 1.49. The molecule has 1 aromatic carbocycles. The van der Waals surface area contributed by atoms with Crippen molar-refractivity contribution in [2.24, 2.45) is 5.41 Å². The van der Waals surface area contributed by atoms with Crippen molar-refractivity contribution in [3.8, 4) is 0 Å². The molecule has 0 bridgehead atoms. The van der Waals surface area contributed by atoms with E-state index < -0.39 is 58.9 Å². The van der Waals surface area contributed by atoms with Crippen LogP contribution >= 0.6 is 11.3 Å². The summed E-state index contributed by atoms with van der Waals surface area (Å²) < 4.78 is 19.8. The molecule has 4 aromatic rings. The molecule has 0 saturated carbocycles. The number of hydrogen-bond acceptors (Lipinski definition) is 12. The minimum absolute atomic E-state index is 0.0602. The molecule has 0 spiro atoms. The minimum atomic E-state index is -1.03. The van der Waals surface area contributed by atoms with Crippen LogP contribution in [0, 0.1) is 5.41 Å². The molecule has 17 heteroatoms. The number of rotatable bonds is 4. The Morgan fingerprint density at radius 2 is 1.60 bits per heavy atom. The number of nitrogens with zero attached hydrogens (tertiary/aromatic N) is 7. The van der Waals surface area contributed by atoms with Gasteiger partial charge in [0.2, 0.25) is 5.91 Å². The largest absolute Gasteiger partial charge is 0.443 e. The summed E-state index contributed by atoms with van der Waals surface area (Å²) in [7, 11) is 0. The number of imide groups is 1. The molecule has 5 heterocycles. The highest BCUT2D eigenvalue weighted by Crippen LogP contribution is 2.36. The Labute approximate surface area is 335 Å². The number of ether oxygens (including phenoxy) is 3. The molecule has 6 rings (SSSR count). The molecule has 3 atom stereocenters. The van der Waals surface area contributed by atoms with E-state index in [1.54, 1.807) is 62.8 Å². The number of amides is 5. The van der Waals surface area contributed by atoms with Gasteiger partial charge in [0.1, 0.15) is 22.9 Å². The van der Waals surface area contributed by atoms with Gasteiger partial charge in [0, 0.05) is 37.4 Å². The van der Waals surface area contributed by atoms with Crippen LogP contribution in [0.3, 0.4) is 0 Å². The first-order valence-corrected chi connectivity index (χ1v) is 20.0. The number of nitrogens with one attached hydrogen (secondary N) is 1. The second-order valence-corrected chi connectivity index (χ2v) is 18.4. The van der Waals surface area contributed by atoms with Crippen LogP contribution in [0.1, 0.15) is 106 Å². The highest BCUT2D eigenvalue weighted by atomic mass is 32.1. The summed E-state index contributed by atoms with van der Waals surface area (Å²) in [6.45, 7) is 18.2. The topological polar surface area (TPSA) is 178 Å². The Balaban J connectivity index is 1.38. The number of carbonyl (C=O) groups excluding carboxylic acids is 5. The van der Waals surface area contributed by atoms with Gasteiger partial charge in [-0.05, 0) is 85.4 Å². The summed E-state index contributed by atoms with van der Waals surface area (Å²) in [5, 5.41) is 7.67. The van der Waals surface area contributed by atoms with Crippen molar-refractivity contribution in [2.45, 2.75) is 118 Å². The number of benzene rings is 1. The predicted molar refractivity (Wildman–Crippen MR) is 215 cm³/mol. The molecule has 1 N–H and O–H groups in total. The molecule has 16 nitrogen and oxygen atoms in total. The molecule has 0 aliphatic carbocycles. The fourth-order valence-corrected chi connectivity index (χ4v) is 7.47. The number of hydrogen-bond donors (Lipinski definition) is 1. The lowest BCUT2D eigenvalue weighted by Gasteiger charge is -2.46. The average molecular weight is 805 g/mol. The van der Waals surface area contributed by atoms with Crippen LogP contribution in [0.25, 0.3) is 21.1 Å². The number of fused-ring (bicyclic) bond motifs is 2. The van der Waals surface area contributed by atoms with Gasteiger partial charge in [-0.15, -0.1) is 11.3 Å². The molecule has 57 heavy (non-hydrogen) atoms. The van der Waals surface area contributed by atoms with Crippen molar-refractivity contribution < 1.29 is 38.2 Å². The Morgan fingerprint density at radius 1 is 0.912 bits per heavy atom. The number of carbonyl (C=O) groups is 5. The van der Waals surface area contributed by atoms with Crippen molar-refractivity contribution >= 4 is 73.9 Å². The maximum absolute atomic E-state index is 14.3. The first-order valence-electron chi connectivity index (χ1n) is 19.1. The van der Waals surface area contributed by atoms with E-state index in [9.17, 15) is 24.0 Å². The lowest BCUT2D eigenvalue weighted by Crippen LogP contribution is -2.60. The first kappa shape index (κ1) is 41.5. The molecule has 3 aromatic heterocycles. The lowest BCUT2D eigenvalue weighted by atomic mass is 9.91. The SMILES string of the molecule is CC1CN(C(=O)C(=O)Nc2cnc(N(C(=O)OC(C)(C)C)C(=O)OC(C)(C)C)c3cn(C4CCCCO4)nc23)C(c2ccc3scnc3c2)CN1C(=O)C(C)(C)C. The van der Waals surface area contributed by atoms with Gasteiger partial charge in [-0.2, -0.15) is 10.00 Å². The van der Waals surface area contributed by atoms with Gasteiger partial charge in [-0.25, -0.2) is 24.2 Å². The molecule has 0 radical (unpaired) electrons. The first-order chi connectivity index (χ1) is 26.6. The molecular formula is C40H52N8O8S. The monoisotopic (exact) mass is 804 g/mol. The standard InChI is InChI=1S/C40H52N8O8S/c1-23-19-46(28(21-45(23)35(51)38(2,3)4)24-14-15-29-26(17-24)42-22-57-29)34(50)33(49)43-27-18-41-32(25-20-47(44-31(25)27)30-13-11-12-16-54-30)48(36(52)55-39(5,6)7)37(53)56-40(8,9)10/h14-15,17-18,20,22-23,28,30H,11-13,16,19,21H2,1-10H3,(H,43,49). The molecule has 2 fully saturated rings. The van der Waals surface area contributed by atoms with Crippen molar-refractivity contribution in [3.05, 3.63) is 41.7 Å². The zero-order valence-electron chi connectivity index (χ0n) is 34.2. The number of thiazole rings is 1. The van der Waals surface area contributed by atoms with Gasteiger partial charge in [0.15, 0.2) is 5.82 Å². The van der Waals surface area contributed by atoms with Gasteiger partial charge in [-0.1, -0.05) is 26.8 Å². The maximum Gasteiger partial charge on any atom is 0.425 e. The van der Waals surface area contributed by atoms with Crippen molar-refractivity contribution in [2.75, 3.05) is 29.9 Å². The quantitative estimate of drug-likeness (QED) is 0.206. The van der Waals surface area contributed by atoms with Crippen LogP contribution in [0.5, 0.6) is 0 Å². The zero-order valence-corrected chi connectivity index (χ0v) is 35.1. The number of pyridine rings is 1. The second kappa shape index (κ2) is 15.6. The van der Waals surface area contributed by atoms with Gasteiger partial charge in [0.05, 0.1) is 39.0 Å². The van der Waals surface area contributed by atoms with Crippen molar-refractivity contribution in [1.82, 2.24) is 29.5 Å². The normalized spacial score (nSPS) is 19.4. The van der Waals surface area contributed by atoms with Gasteiger partial charge in [-0.3, -0.25) is 14.4 Å². The van der Waals surface area contributed by atoms with Crippen LogP contribution in [0.15, 0.2) is 36.1 Å². The Hall–Kier alpha value is -5.16. The molecule has 5 amide bonds. The van der Waals surface area contributed by atoms with Crippen LogP contribution in [-0.4, -0.2) is 96.4 Å². The second-order valence-electron chi connectivity index (χ2n) is 17.5. The third-order valence-electron chi connectivity index (χ3n) is 9.44. The van der Waals surface area contributed by atoms with Gasteiger partial charge >= 0.3 is 24.0 Å². The van der Waals surface area contributed by atoms with Gasteiger partial charge < -0.3 is 29.3 Å². The molecular weight excluding hydrogens is 753 g/mol. The van der Waals surface area contributed by atoms with Crippen molar-refractivity contribution in [3.63, 3.8) is 0 Å². The smallest absolute Gasteiger partial charge is 0.425 e. The van der Waals surface area contributed by atoms with Gasteiger partial charge in [0.25, 0.3) is 0 Å². The lowest BCUT2D eigenvalue weighted by molar-refractivity contribution is -0.154. The molecule has 3 unspecified atom stereocenters. The Kier molecular flexibility index (Phi) is 11.4. The minimum Gasteiger partial charge on any atom is -0.443 e. The van der Waals surface area contributed by atoms with E-state index in [0.29, 0.717) is 17.9 Å². The van der Waals surface area contributed by atoms with E-state index in [1.807, 2.05) is 45.9 Å². The highest BCUT2D eigenvalue weighted by Gasteiger charge is 2.42. The summed E-state index contributed by atoms with van der Waals surface area (Å²) in [4.78, 5) is 82.3. The number of piperazine rings is 1. The summed E-state index contributed by atoms with van der Waals surface area (Å²) in [5.41, 5.74) is 0.815. The maximum atomic E-state index is 14.3. The van der Waals surface area contributed by atoms with E-state index in [2.05, 4.69) is 15.3 Å². The highest BCUT2D eigenvalue weighted by molar-refractivity contribution is 7.16. The summed E-state index contributed by atoms with van der Waals surface area (Å²) in [5.74, 6) is -2.01. The third-order valence-corrected chi connectivity index (χ3v) is 10.3. The van der Waals surface area contributed by atoms with Crippen molar-refractivity contribution in [1.29, 1.82) is 0 Å². The zero-order chi connectivity index (χ0) is 41.6. The van der Waals surface area contributed by atoms with Crippen LogP contribution in [0.4, 0.5) is 21.1 Å². The Bertz CT molecular complexity index is 2160. The number of aromatic nitrogens is 4.